The molecule has 0 atom stereocenters. The standard InChI is InChI=1S/C32H26FN7O10S3/c1-17-13-19-14-20(51(42,43)44)15-24(34-31-35-30(33)36-32(37-31)40(2)16-18-7-4-3-5-8-18)26(19)28(41)27(17)39-38-23-12-11-21-22(29(23)53(48,49)50)9-6-10-25(21)52(45,46)47/h3-15,41H,16H2,1-2H3,(H,42,43,44)(H,45,46,47)(H,48,49,50)(H,34,35,36,37). The van der Waals surface area contributed by atoms with Gasteiger partial charge in [-0.05, 0) is 53.8 Å². The van der Waals surface area contributed by atoms with Crippen LogP contribution in [0.4, 0.5) is 33.3 Å². The van der Waals surface area contributed by atoms with Crippen LogP contribution >= 0.6 is 0 Å². The number of halogens is 1. The van der Waals surface area contributed by atoms with Crippen LogP contribution in [0, 0.1) is 13.0 Å². The molecule has 0 fully saturated rings. The van der Waals surface area contributed by atoms with E-state index in [4.69, 9.17) is 0 Å². The molecule has 274 valence electrons. The normalized spacial score (nSPS) is 12.5. The van der Waals surface area contributed by atoms with E-state index in [0.29, 0.717) is 0 Å². The Morgan fingerprint density at radius 2 is 1.51 bits per heavy atom. The number of hydrogen-bond acceptors (Lipinski definition) is 14. The number of phenolic OH excluding ortho intramolecular Hbond substituents is 1. The molecule has 5 aromatic carbocycles. The van der Waals surface area contributed by atoms with Gasteiger partial charge in [0.15, 0.2) is 5.75 Å². The number of azo groups is 1. The first-order valence-corrected chi connectivity index (χ1v) is 19.3. The zero-order valence-electron chi connectivity index (χ0n) is 27.2. The van der Waals surface area contributed by atoms with Crippen molar-refractivity contribution in [3.63, 3.8) is 0 Å². The number of aryl methyl sites for hydroxylation is 1. The number of hydrogen-bond donors (Lipinski definition) is 5. The molecular weight excluding hydrogens is 758 g/mol. The van der Waals surface area contributed by atoms with E-state index in [9.17, 15) is 48.4 Å². The maximum absolute atomic E-state index is 14.7. The second kappa shape index (κ2) is 13.7. The van der Waals surface area contributed by atoms with Crippen LogP contribution in [-0.4, -0.2) is 66.0 Å². The molecule has 1 aromatic heterocycles. The molecule has 1 heterocycles. The monoisotopic (exact) mass is 783 g/mol. The molecule has 0 amide bonds. The molecule has 0 aliphatic heterocycles. The van der Waals surface area contributed by atoms with Gasteiger partial charge in [0.1, 0.15) is 21.2 Å². The van der Waals surface area contributed by atoms with E-state index in [1.165, 1.54) is 24.0 Å². The maximum Gasteiger partial charge on any atom is 0.315 e. The number of rotatable bonds is 10. The van der Waals surface area contributed by atoms with E-state index in [-0.39, 0.29) is 51.0 Å². The largest absolute Gasteiger partial charge is 0.505 e. The third-order valence-electron chi connectivity index (χ3n) is 7.84. The highest BCUT2D eigenvalue weighted by Gasteiger charge is 2.25. The summed E-state index contributed by atoms with van der Waals surface area (Å²) in [5.41, 5.74) is 0.0107. The van der Waals surface area contributed by atoms with Crippen molar-refractivity contribution in [2.45, 2.75) is 28.2 Å². The Morgan fingerprint density at radius 3 is 2.17 bits per heavy atom. The van der Waals surface area contributed by atoms with E-state index in [1.807, 2.05) is 30.3 Å². The fraction of sp³-hybridized carbons (Fsp3) is 0.0938. The smallest absolute Gasteiger partial charge is 0.315 e. The third kappa shape index (κ3) is 7.74. The quantitative estimate of drug-likeness (QED) is 0.0804. The van der Waals surface area contributed by atoms with Gasteiger partial charge in [-0.15, -0.1) is 10.2 Å². The third-order valence-corrected chi connectivity index (χ3v) is 10.5. The van der Waals surface area contributed by atoms with Crippen LogP contribution in [0.15, 0.2) is 104 Å². The van der Waals surface area contributed by atoms with Gasteiger partial charge in [-0.3, -0.25) is 13.7 Å². The Labute approximate surface area is 300 Å². The molecule has 0 bridgehead atoms. The highest BCUT2D eigenvalue weighted by molar-refractivity contribution is 7.86. The molecule has 17 nitrogen and oxygen atoms in total. The molecule has 0 unspecified atom stereocenters. The van der Waals surface area contributed by atoms with Gasteiger partial charge < -0.3 is 15.3 Å². The van der Waals surface area contributed by atoms with Crippen LogP contribution in [0.5, 0.6) is 5.75 Å². The number of nitrogens with one attached hydrogen (secondary N) is 1. The van der Waals surface area contributed by atoms with Crippen molar-refractivity contribution in [2.75, 3.05) is 17.3 Å². The maximum atomic E-state index is 14.7. The Balaban J connectivity index is 1.49. The zero-order chi connectivity index (χ0) is 38.5. The first kappa shape index (κ1) is 37.1. The highest BCUT2D eigenvalue weighted by atomic mass is 32.2. The van der Waals surface area contributed by atoms with Crippen molar-refractivity contribution in [1.82, 2.24) is 15.0 Å². The summed E-state index contributed by atoms with van der Waals surface area (Å²) in [7, 11) is -13.2. The fourth-order valence-electron chi connectivity index (χ4n) is 5.58. The van der Waals surface area contributed by atoms with E-state index in [0.717, 1.165) is 42.0 Å². The first-order chi connectivity index (χ1) is 24.8. The van der Waals surface area contributed by atoms with Crippen molar-refractivity contribution in [2.24, 2.45) is 10.2 Å². The lowest BCUT2D eigenvalue weighted by Gasteiger charge is -2.18. The van der Waals surface area contributed by atoms with Gasteiger partial charge >= 0.3 is 6.08 Å². The zero-order valence-corrected chi connectivity index (χ0v) is 29.7. The number of benzene rings is 5. The summed E-state index contributed by atoms with van der Waals surface area (Å²) in [5.74, 6) is -1.17. The highest BCUT2D eigenvalue weighted by Crippen LogP contribution is 2.45. The molecule has 5 N–H and O–H groups in total. The summed E-state index contributed by atoms with van der Waals surface area (Å²) in [4.78, 5) is 11.0. The van der Waals surface area contributed by atoms with Gasteiger partial charge in [-0.25, -0.2) is 0 Å². The second-order valence-corrected chi connectivity index (χ2v) is 15.7. The van der Waals surface area contributed by atoms with Crippen molar-refractivity contribution in [3.8, 4) is 5.75 Å². The summed E-state index contributed by atoms with van der Waals surface area (Å²) in [6, 6.07) is 17.9. The minimum Gasteiger partial charge on any atom is -0.505 e. The van der Waals surface area contributed by atoms with E-state index in [2.05, 4.69) is 30.5 Å². The molecule has 0 aliphatic carbocycles. The van der Waals surface area contributed by atoms with E-state index >= 15 is 0 Å². The Kier molecular flexibility index (Phi) is 9.57. The lowest BCUT2D eigenvalue weighted by molar-refractivity contribution is 0.480. The molecule has 0 saturated carbocycles. The van der Waals surface area contributed by atoms with Gasteiger partial charge in [0.05, 0.1) is 10.6 Å². The number of anilines is 3. The Bertz CT molecular complexity index is 2830. The van der Waals surface area contributed by atoms with Crippen LogP contribution in [-0.2, 0) is 36.9 Å². The summed E-state index contributed by atoms with van der Waals surface area (Å²) in [5, 5.41) is 21.5. The SMILES string of the molecule is Cc1cc2cc(S(=O)(=O)O)cc(Nc3nc(F)nc(N(C)Cc4ccccc4)n3)c2c(O)c1N=Nc1ccc2c(S(=O)(=O)O)cccc2c1S(=O)(=O)O. The number of phenols is 1. The van der Waals surface area contributed by atoms with Crippen molar-refractivity contribution >= 4 is 80.9 Å². The van der Waals surface area contributed by atoms with Gasteiger partial charge in [0.25, 0.3) is 30.4 Å². The molecule has 0 radical (unpaired) electrons. The lowest BCUT2D eigenvalue weighted by atomic mass is 10.0. The lowest BCUT2D eigenvalue weighted by Crippen LogP contribution is -2.20. The number of aromatic nitrogens is 3. The van der Waals surface area contributed by atoms with Crippen LogP contribution in [0.3, 0.4) is 0 Å². The van der Waals surface area contributed by atoms with E-state index in [1.54, 1.807) is 7.05 Å². The predicted molar refractivity (Wildman–Crippen MR) is 190 cm³/mol. The van der Waals surface area contributed by atoms with Crippen molar-refractivity contribution < 1.29 is 48.4 Å². The topological polar surface area (TPSA) is 262 Å². The molecule has 0 saturated heterocycles. The molecule has 6 aromatic rings. The molecule has 0 spiro atoms. The van der Waals surface area contributed by atoms with Crippen molar-refractivity contribution in [3.05, 3.63) is 96.1 Å². The van der Waals surface area contributed by atoms with Crippen molar-refractivity contribution in [1.29, 1.82) is 0 Å². The number of fused-ring (bicyclic) bond motifs is 2. The fourth-order valence-corrected chi connectivity index (χ4v) is 7.66. The number of nitrogens with zero attached hydrogens (tertiary/aromatic N) is 6. The minimum atomic E-state index is -5.11. The van der Waals surface area contributed by atoms with Gasteiger partial charge in [0.2, 0.25) is 11.9 Å². The summed E-state index contributed by atoms with van der Waals surface area (Å²) < 4.78 is 118. The van der Waals surface area contributed by atoms with Gasteiger partial charge in [-0.1, -0.05) is 48.5 Å². The average Bonchev–Trinajstić information content (AvgIpc) is 3.06. The summed E-state index contributed by atoms with van der Waals surface area (Å²) in [6.45, 7) is 1.72. The molecule has 53 heavy (non-hydrogen) atoms. The summed E-state index contributed by atoms with van der Waals surface area (Å²) >= 11 is 0. The molecular formula is C32H26FN7O10S3. The predicted octanol–water partition coefficient (Wildman–Crippen LogP) is 5.87. The van der Waals surface area contributed by atoms with Gasteiger partial charge in [0, 0.05) is 29.8 Å². The molecule has 6 rings (SSSR count). The van der Waals surface area contributed by atoms with Gasteiger partial charge in [-0.2, -0.15) is 44.6 Å². The first-order valence-electron chi connectivity index (χ1n) is 14.9. The minimum absolute atomic E-state index is 0.0367. The van der Waals surface area contributed by atoms with E-state index < -0.39 is 68.5 Å². The van der Waals surface area contributed by atoms with Crippen LogP contribution in [0.1, 0.15) is 11.1 Å². The molecule has 0 aliphatic rings. The Hall–Kier alpha value is -5.71. The number of aromatic hydroxyl groups is 1. The average molecular weight is 784 g/mol. The van der Waals surface area contributed by atoms with Crippen LogP contribution in [0.2, 0.25) is 0 Å². The van der Waals surface area contributed by atoms with Crippen LogP contribution < -0.4 is 10.2 Å². The van der Waals surface area contributed by atoms with Crippen LogP contribution in [0.25, 0.3) is 21.5 Å². The Morgan fingerprint density at radius 1 is 0.792 bits per heavy atom. The second-order valence-electron chi connectivity index (χ2n) is 11.5. The summed E-state index contributed by atoms with van der Waals surface area (Å²) in [6.07, 6.45) is -1.20. The molecule has 21 heteroatoms.